The van der Waals surface area contributed by atoms with E-state index in [0.717, 1.165) is 44.1 Å². The molecule has 0 amide bonds. The number of nitrogens with zero attached hydrogens (tertiary/aromatic N) is 3. The minimum Gasteiger partial charge on any atom is -0.355 e. The van der Waals surface area contributed by atoms with Gasteiger partial charge in [0.1, 0.15) is 0 Å². The van der Waals surface area contributed by atoms with Crippen molar-refractivity contribution in [1.82, 2.24) is 15.1 Å². The summed E-state index contributed by atoms with van der Waals surface area (Å²) in [7, 11) is 1.91. The summed E-state index contributed by atoms with van der Waals surface area (Å²) in [6.07, 6.45) is 6.78. The SMILES string of the molecule is CN=C(NCCN1CCCCC1C)N1CCCC(C)C1. The smallest absolute Gasteiger partial charge is 0.193 e. The summed E-state index contributed by atoms with van der Waals surface area (Å²) in [5, 5.41) is 3.56. The Bertz CT molecular complexity index is 316. The van der Waals surface area contributed by atoms with Gasteiger partial charge in [-0.2, -0.15) is 0 Å². The van der Waals surface area contributed by atoms with E-state index >= 15 is 0 Å². The molecule has 1 N–H and O–H groups in total. The summed E-state index contributed by atoms with van der Waals surface area (Å²) in [6.45, 7) is 10.4. The molecule has 2 fully saturated rings. The van der Waals surface area contributed by atoms with Crippen LogP contribution < -0.4 is 5.32 Å². The van der Waals surface area contributed by atoms with Crippen LogP contribution >= 0.6 is 0 Å². The van der Waals surface area contributed by atoms with Gasteiger partial charge in [-0.1, -0.05) is 13.3 Å². The Labute approximate surface area is 124 Å². The van der Waals surface area contributed by atoms with E-state index in [1.54, 1.807) is 0 Å². The highest BCUT2D eigenvalue weighted by Crippen LogP contribution is 2.16. The number of aliphatic imine (C=N–C) groups is 1. The lowest BCUT2D eigenvalue weighted by molar-refractivity contribution is 0.163. The van der Waals surface area contributed by atoms with E-state index in [-0.39, 0.29) is 0 Å². The van der Waals surface area contributed by atoms with Crippen molar-refractivity contribution in [1.29, 1.82) is 0 Å². The van der Waals surface area contributed by atoms with Gasteiger partial charge in [0.15, 0.2) is 5.96 Å². The van der Waals surface area contributed by atoms with Crippen LogP contribution in [0.2, 0.25) is 0 Å². The molecule has 2 rings (SSSR count). The van der Waals surface area contributed by atoms with E-state index < -0.39 is 0 Å². The summed E-state index contributed by atoms with van der Waals surface area (Å²) in [5.41, 5.74) is 0. The average Bonchev–Trinajstić information content (AvgIpc) is 2.45. The first-order valence-corrected chi connectivity index (χ1v) is 8.40. The molecule has 2 saturated heterocycles. The number of hydrogen-bond acceptors (Lipinski definition) is 2. The van der Waals surface area contributed by atoms with E-state index in [0.29, 0.717) is 0 Å². The van der Waals surface area contributed by atoms with Crippen molar-refractivity contribution in [2.45, 2.75) is 52.0 Å². The second-order valence-corrected chi connectivity index (χ2v) is 6.55. The third-order valence-corrected chi connectivity index (χ3v) is 4.79. The van der Waals surface area contributed by atoms with Crippen LogP contribution in [-0.4, -0.2) is 61.6 Å². The van der Waals surface area contributed by atoms with Gasteiger partial charge in [-0.05, 0) is 45.1 Å². The Kier molecular flexibility index (Phi) is 6.14. The van der Waals surface area contributed by atoms with Crippen molar-refractivity contribution in [3.05, 3.63) is 0 Å². The number of guanidine groups is 1. The monoisotopic (exact) mass is 280 g/mol. The highest BCUT2D eigenvalue weighted by atomic mass is 15.3. The van der Waals surface area contributed by atoms with E-state index in [9.17, 15) is 0 Å². The second-order valence-electron chi connectivity index (χ2n) is 6.55. The molecular weight excluding hydrogens is 248 g/mol. The van der Waals surface area contributed by atoms with E-state index in [2.05, 4.69) is 34.0 Å². The highest BCUT2D eigenvalue weighted by molar-refractivity contribution is 5.79. The molecule has 2 atom stereocenters. The number of likely N-dealkylation sites (tertiary alicyclic amines) is 2. The molecular formula is C16H32N4. The quantitative estimate of drug-likeness (QED) is 0.635. The molecule has 0 aromatic rings. The molecule has 4 heteroatoms. The lowest BCUT2D eigenvalue weighted by Crippen LogP contribution is -2.49. The third kappa shape index (κ3) is 4.37. The van der Waals surface area contributed by atoms with Crippen LogP contribution in [0.5, 0.6) is 0 Å². The summed E-state index contributed by atoms with van der Waals surface area (Å²) < 4.78 is 0. The van der Waals surface area contributed by atoms with E-state index in [4.69, 9.17) is 0 Å². The lowest BCUT2D eigenvalue weighted by atomic mass is 10.0. The molecule has 0 radical (unpaired) electrons. The Hall–Kier alpha value is -0.770. The van der Waals surface area contributed by atoms with Gasteiger partial charge in [-0.3, -0.25) is 9.89 Å². The molecule has 2 heterocycles. The fourth-order valence-corrected chi connectivity index (χ4v) is 3.52. The maximum atomic E-state index is 4.46. The molecule has 0 bridgehead atoms. The molecule has 0 spiro atoms. The van der Waals surface area contributed by atoms with Gasteiger partial charge in [0, 0.05) is 39.3 Å². The fraction of sp³-hybridized carbons (Fsp3) is 0.938. The lowest BCUT2D eigenvalue weighted by Gasteiger charge is -2.35. The van der Waals surface area contributed by atoms with Crippen LogP contribution in [0.3, 0.4) is 0 Å². The summed E-state index contributed by atoms with van der Waals surface area (Å²) in [5.74, 6) is 1.89. The molecule has 2 unspecified atom stereocenters. The zero-order valence-electron chi connectivity index (χ0n) is 13.6. The van der Waals surface area contributed by atoms with Crippen molar-refractivity contribution < 1.29 is 0 Å². The second kappa shape index (κ2) is 7.87. The third-order valence-electron chi connectivity index (χ3n) is 4.79. The molecule has 0 aromatic heterocycles. The van der Waals surface area contributed by atoms with Crippen LogP contribution in [0.4, 0.5) is 0 Å². The minimum atomic E-state index is 0.752. The molecule has 20 heavy (non-hydrogen) atoms. The zero-order chi connectivity index (χ0) is 14.4. The first kappa shape index (κ1) is 15.6. The number of nitrogens with one attached hydrogen (secondary N) is 1. The van der Waals surface area contributed by atoms with Gasteiger partial charge in [-0.15, -0.1) is 0 Å². The molecule has 2 aliphatic rings. The van der Waals surface area contributed by atoms with Crippen LogP contribution in [-0.2, 0) is 0 Å². The summed E-state index contributed by atoms with van der Waals surface area (Å²) in [6, 6.07) is 0.752. The predicted octanol–water partition coefficient (Wildman–Crippen LogP) is 2.17. The van der Waals surface area contributed by atoms with Crippen LogP contribution in [0, 0.1) is 5.92 Å². The molecule has 0 aliphatic carbocycles. The maximum Gasteiger partial charge on any atom is 0.193 e. The number of piperidine rings is 2. The van der Waals surface area contributed by atoms with Crippen molar-refractivity contribution in [2.75, 3.05) is 39.8 Å². The number of hydrogen-bond donors (Lipinski definition) is 1. The van der Waals surface area contributed by atoms with Crippen molar-refractivity contribution in [3.8, 4) is 0 Å². The van der Waals surface area contributed by atoms with Gasteiger partial charge >= 0.3 is 0 Å². The largest absolute Gasteiger partial charge is 0.355 e. The van der Waals surface area contributed by atoms with Gasteiger partial charge < -0.3 is 10.2 Å². The van der Waals surface area contributed by atoms with Gasteiger partial charge in [0.25, 0.3) is 0 Å². The van der Waals surface area contributed by atoms with Gasteiger partial charge in [-0.25, -0.2) is 0 Å². The standard InChI is InChI=1S/C16H32N4/c1-14-7-6-11-20(13-14)16(17-3)18-9-12-19-10-5-4-8-15(19)2/h14-15H,4-13H2,1-3H3,(H,17,18). The fourth-order valence-electron chi connectivity index (χ4n) is 3.52. The Morgan fingerprint density at radius 1 is 1.15 bits per heavy atom. The highest BCUT2D eigenvalue weighted by Gasteiger charge is 2.20. The van der Waals surface area contributed by atoms with Gasteiger partial charge in [0.2, 0.25) is 0 Å². The molecule has 2 aliphatic heterocycles. The van der Waals surface area contributed by atoms with Crippen molar-refractivity contribution >= 4 is 5.96 Å². The predicted molar refractivity (Wildman–Crippen MR) is 86.2 cm³/mol. The average molecular weight is 280 g/mol. The topological polar surface area (TPSA) is 30.9 Å². The normalized spacial score (nSPS) is 29.6. The molecule has 0 aromatic carbocycles. The number of rotatable bonds is 3. The first-order chi connectivity index (χ1) is 9.70. The Balaban J connectivity index is 1.73. The minimum absolute atomic E-state index is 0.752. The summed E-state index contributed by atoms with van der Waals surface area (Å²) in [4.78, 5) is 9.50. The zero-order valence-corrected chi connectivity index (χ0v) is 13.6. The molecule has 0 saturated carbocycles. The van der Waals surface area contributed by atoms with Crippen molar-refractivity contribution in [2.24, 2.45) is 10.9 Å². The van der Waals surface area contributed by atoms with Gasteiger partial charge in [0.05, 0.1) is 0 Å². The van der Waals surface area contributed by atoms with Crippen LogP contribution in [0.25, 0.3) is 0 Å². The maximum absolute atomic E-state index is 4.46. The van der Waals surface area contributed by atoms with Crippen molar-refractivity contribution in [3.63, 3.8) is 0 Å². The summed E-state index contributed by atoms with van der Waals surface area (Å²) >= 11 is 0. The van der Waals surface area contributed by atoms with Crippen LogP contribution in [0.1, 0.15) is 46.0 Å². The first-order valence-electron chi connectivity index (χ1n) is 8.40. The van der Waals surface area contributed by atoms with E-state index in [1.165, 1.54) is 38.6 Å². The molecule has 4 nitrogen and oxygen atoms in total. The van der Waals surface area contributed by atoms with Crippen LogP contribution in [0.15, 0.2) is 4.99 Å². The Morgan fingerprint density at radius 3 is 2.70 bits per heavy atom. The molecule has 116 valence electrons. The van der Waals surface area contributed by atoms with E-state index in [1.807, 2.05) is 7.05 Å². The Morgan fingerprint density at radius 2 is 2.00 bits per heavy atom.